The molecule has 0 bridgehead atoms. The third-order valence-corrected chi connectivity index (χ3v) is 4.70. The Morgan fingerprint density at radius 2 is 2.00 bits per heavy atom. The zero-order chi connectivity index (χ0) is 14.8. The molecule has 1 aliphatic heterocycles. The summed E-state index contributed by atoms with van der Waals surface area (Å²) in [5, 5.41) is 1.00. The van der Waals surface area contributed by atoms with E-state index in [1.807, 2.05) is 13.8 Å². The van der Waals surface area contributed by atoms with Crippen molar-refractivity contribution in [3.63, 3.8) is 0 Å². The third-order valence-electron chi connectivity index (χ3n) is 3.94. The van der Waals surface area contributed by atoms with Crippen LogP contribution in [0.25, 0.3) is 0 Å². The Kier molecular flexibility index (Phi) is 4.01. The van der Waals surface area contributed by atoms with Crippen molar-refractivity contribution in [1.82, 2.24) is 19.3 Å². The molecule has 1 aliphatic rings. The van der Waals surface area contributed by atoms with E-state index < -0.39 is 0 Å². The summed E-state index contributed by atoms with van der Waals surface area (Å²) in [4.78, 5) is 17.8. The second-order valence-corrected chi connectivity index (χ2v) is 6.23. The molecule has 6 nitrogen and oxygen atoms in total. The van der Waals surface area contributed by atoms with E-state index in [-0.39, 0.29) is 0 Å². The standard InChI is InChI=1S/C14H20N6S/c1-10-8-13(18-11(2)17-10)20-6-4-12(5-7-20)19(3)14-15-9-16-21-14/h8-9,12H,4-7H2,1-3H3. The van der Waals surface area contributed by atoms with Crippen LogP contribution in [0.4, 0.5) is 10.9 Å². The summed E-state index contributed by atoms with van der Waals surface area (Å²) in [6, 6.07) is 2.60. The highest BCUT2D eigenvalue weighted by molar-refractivity contribution is 7.09. The predicted octanol–water partition coefficient (Wildman–Crippen LogP) is 2.05. The zero-order valence-electron chi connectivity index (χ0n) is 12.7. The van der Waals surface area contributed by atoms with E-state index in [4.69, 9.17) is 0 Å². The number of hydrogen-bond donors (Lipinski definition) is 0. The van der Waals surface area contributed by atoms with Crippen LogP contribution < -0.4 is 9.80 Å². The number of rotatable bonds is 3. The maximum absolute atomic E-state index is 4.56. The lowest BCUT2D eigenvalue weighted by Crippen LogP contribution is -2.43. The number of nitrogens with zero attached hydrogens (tertiary/aromatic N) is 6. The molecule has 0 radical (unpaired) electrons. The number of aromatic nitrogens is 4. The van der Waals surface area contributed by atoms with Crippen molar-refractivity contribution < 1.29 is 0 Å². The van der Waals surface area contributed by atoms with E-state index >= 15 is 0 Å². The van der Waals surface area contributed by atoms with E-state index in [9.17, 15) is 0 Å². The summed E-state index contributed by atoms with van der Waals surface area (Å²) in [5.74, 6) is 1.90. The van der Waals surface area contributed by atoms with Gasteiger partial charge in [-0.3, -0.25) is 0 Å². The molecule has 2 aromatic heterocycles. The predicted molar refractivity (Wildman–Crippen MR) is 85.1 cm³/mol. The molecule has 0 spiro atoms. The van der Waals surface area contributed by atoms with Crippen LogP contribution in [0.3, 0.4) is 0 Å². The van der Waals surface area contributed by atoms with Crippen molar-refractivity contribution in [3.8, 4) is 0 Å². The molecule has 1 saturated heterocycles. The van der Waals surface area contributed by atoms with Crippen LogP contribution in [-0.4, -0.2) is 45.5 Å². The highest BCUT2D eigenvalue weighted by Crippen LogP contribution is 2.25. The lowest BCUT2D eigenvalue weighted by molar-refractivity contribution is 0.479. The lowest BCUT2D eigenvalue weighted by atomic mass is 10.0. The second kappa shape index (κ2) is 5.93. The molecule has 0 amide bonds. The molecule has 0 N–H and O–H groups in total. The van der Waals surface area contributed by atoms with Gasteiger partial charge < -0.3 is 9.80 Å². The largest absolute Gasteiger partial charge is 0.356 e. The number of piperidine rings is 1. The van der Waals surface area contributed by atoms with Crippen LogP contribution >= 0.6 is 11.5 Å². The highest BCUT2D eigenvalue weighted by atomic mass is 32.1. The van der Waals surface area contributed by atoms with Gasteiger partial charge in [-0.2, -0.15) is 4.37 Å². The third kappa shape index (κ3) is 3.12. The first kappa shape index (κ1) is 14.2. The minimum Gasteiger partial charge on any atom is -0.356 e. The lowest BCUT2D eigenvalue weighted by Gasteiger charge is -2.37. The Balaban J connectivity index is 1.65. The Morgan fingerprint density at radius 3 is 2.62 bits per heavy atom. The molecule has 0 saturated carbocycles. The Labute approximate surface area is 129 Å². The first-order valence-electron chi connectivity index (χ1n) is 7.20. The Hall–Kier alpha value is -1.76. The Bertz CT molecular complexity index is 571. The minimum atomic E-state index is 0.526. The van der Waals surface area contributed by atoms with E-state index in [1.165, 1.54) is 11.5 Å². The number of aryl methyl sites for hydroxylation is 2. The van der Waals surface area contributed by atoms with E-state index in [1.54, 1.807) is 6.33 Å². The molecule has 21 heavy (non-hydrogen) atoms. The molecule has 3 rings (SSSR count). The summed E-state index contributed by atoms with van der Waals surface area (Å²) < 4.78 is 4.08. The average molecular weight is 304 g/mol. The van der Waals surface area contributed by atoms with Gasteiger partial charge >= 0.3 is 0 Å². The fourth-order valence-corrected chi connectivity index (χ4v) is 3.38. The van der Waals surface area contributed by atoms with Crippen LogP contribution in [-0.2, 0) is 0 Å². The minimum absolute atomic E-state index is 0.526. The van der Waals surface area contributed by atoms with Gasteiger partial charge in [0.05, 0.1) is 0 Å². The van der Waals surface area contributed by atoms with Gasteiger partial charge in [-0.15, -0.1) is 0 Å². The summed E-state index contributed by atoms with van der Waals surface area (Å²) in [5.41, 5.74) is 1.03. The first-order chi connectivity index (χ1) is 10.1. The number of hydrogen-bond acceptors (Lipinski definition) is 7. The quantitative estimate of drug-likeness (QED) is 0.865. The van der Waals surface area contributed by atoms with Crippen LogP contribution in [0.5, 0.6) is 0 Å². The van der Waals surface area contributed by atoms with Gasteiger partial charge in [0.2, 0.25) is 5.13 Å². The van der Waals surface area contributed by atoms with Crippen molar-refractivity contribution >= 4 is 22.5 Å². The SMILES string of the molecule is Cc1cc(N2CCC(N(C)c3ncns3)CC2)nc(C)n1. The van der Waals surface area contributed by atoms with Crippen molar-refractivity contribution in [2.24, 2.45) is 0 Å². The molecule has 112 valence electrons. The topological polar surface area (TPSA) is 58.0 Å². The van der Waals surface area contributed by atoms with Crippen LogP contribution in [0.15, 0.2) is 12.4 Å². The van der Waals surface area contributed by atoms with Gasteiger partial charge in [-0.1, -0.05) is 0 Å². The fraction of sp³-hybridized carbons (Fsp3) is 0.571. The van der Waals surface area contributed by atoms with Gasteiger partial charge in [-0.05, 0) is 26.7 Å². The smallest absolute Gasteiger partial charge is 0.204 e. The van der Waals surface area contributed by atoms with Gasteiger partial charge in [0.1, 0.15) is 18.0 Å². The normalized spacial score (nSPS) is 16.2. The average Bonchev–Trinajstić information content (AvgIpc) is 3.00. The van der Waals surface area contributed by atoms with Gasteiger partial charge in [0, 0.05) is 49.5 Å². The summed E-state index contributed by atoms with van der Waals surface area (Å²) in [6.45, 7) is 6.01. The summed E-state index contributed by atoms with van der Waals surface area (Å²) in [6.07, 6.45) is 3.84. The van der Waals surface area contributed by atoms with E-state index in [2.05, 4.69) is 42.2 Å². The van der Waals surface area contributed by atoms with Crippen LogP contribution in [0.2, 0.25) is 0 Å². The molecule has 1 fully saturated rings. The van der Waals surface area contributed by atoms with Crippen molar-refractivity contribution in [3.05, 3.63) is 23.9 Å². The molecule has 0 aliphatic carbocycles. The maximum Gasteiger partial charge on any atom is 0.204 e. The van der Waals surface area contributed by atoms with Crippen LogP contribution in [0, 0.1) is 13.8 Å². The number of anilines is 2. The molecule has 0 unspecified atom stereocenters. The van der Waals surface area contributed by atoms with Gasteiger partial charge in [-0.25, -0.2) is 15.0 Å². The Morgan fingerprint density at radius 1 is 1.24 bits per heavy atom. The summed E-state index contributed by atoms with van der Waals surface area (Å²) in [7, 11) is 2.11. The first-order valence-corrected chi connectivity index (χ1v) is 7.97. The fourth-order valence-electron chi connectivity index (χ4n) is 2.82. The maximum atomic E-state index is 4.56. The molecule has 0 aromatic carbocycles. The summed E-state index contributed by atoms with van der Waals surface area (Å²) >= 11 is 1.46. The van der Waals surface area contributed by atoms with E-state index in [0.717, 1.165) is 48.4 Å². The van der Waals surface area contributed by atoms with Crippen molar-refractivity contribution in [2.45, 2.75) is 32.7 Å². The molecule has 3 heterocycles. The molecule has 2 aromatic rings. The van der Waals surface area contributed by atoms with Crippen LogP contribution in [0.1, 0.15) is 24.4 Å². The van der Waals surface area contributed by atoms with Crippen molar-refractivity contribution in [2.75, 3.05) is 29.9 Å². The monoisotopic (exact) mass is 304 g/mol. The highest BCUT2D eigenvalue weighted by Gasteiger charge is 2.24. The van der Waals surface area contributed by atoms with Gasteiger partial charge in [0.15, 0.2) is 0 Å². The molecule has 0 atom stereocenters. The zero-order valence-corrected chi connectivity index (χ0v) is 13.5. The molecular formula is C14H20N6S. The van der Waals surface area contributed by atoms with Gasteiger partial charge in [0.25, 0.3) is 0 Å². The second-order valence-electron chi connectivity index (χ2n) is 5.47. The van der Waals surface area contributed by atoms with Crippen molar-refractivity contribution in [1.29, 1.82) is 0 Å². The molecule has 7 heteroatoms. The van der Waals surface area contributed by atoms with E-state index in [0.29, 0.717) is 6.04 Å². The molecular weight excluding hydrogens is 284 g/mol.